The predicted octanol–water partition coefficient (Wildman–Crippen LogP) is 3.20. The summed E-state index contributed by atoms with van der Waals surface area (Å²) in [5.41, 5.74) is 1.21. The van der Waals surface area contributed by atoms with Crippen molar-refractivity contribution in [2.75, 3.05) is 20.3 Å². The molecule has 0 unspecified atom stereocenters. The second-order valence-corrected chi connectivity index (χ2v) is 6.39. The molecule has 0 aromatic heterocycles. The largest absolute Gasteiger partial charge is 0.496 e. The van der Waals surface area contributed by atoms with Crippen LogP contribution in [0.5, 0.6) is 11.5 Å². The quantitative estimate of drug-likeness (QED) is 0.685. The van der Waals surface area contributed by atoms with Gasteiger partial charge in [-0.25, -0.2) is 4.79 Å². The van der Waals surface area contributed by atoms with Crippen LogP contribution in [-0.4, -0.2) is 32.2 Å². The Morgan fingerprint density at radius 1 is 1.04 bits per heavy atom. The zero-order valence-electron chi connectivity index (χ0n) is 15.9. The Morgan fingerprint density at radius 3 is 2.41 bits per heavy atom. The molecule has 0 saturated carbocycles. The van der Waals surface area contributed by atoms with Gasteiger partial charge < -0.3 is 19.5 Å². The smallest absolute Gasteiger partial charge is 0.338 e. The zero-order chi connectivity index (χ0) is 19.6. The Bertz CT molecular complexity index is 755. The van der Waals surface area contributed by atoms with Crippen LogP contribution in [-0.2, 0) is 16.1 Å². The van der Waals surface area contributed by atoms with E-state index in [1.54, 1.807) is 31.4 Å². The van der Waals surface area contributed by atoms with Crippen LogP contribution in [0.1, 0.15) is 29.8 Å². The maximum Gasteiger partial charge on any atom is 0.338 e. The molecule has 0 radical (unpaired) electrons. The second kappa shape index (κ2) is 10.2. The van der Waals surface area contributed by atoms with Gasteiger partial charge in [0.2, 0.25) is 0 Å². The Hall–Kier alpha value is -3.02. The summed E-state index contributed by atoms with van der Waals surface area (Å²) in [7, 11) is 1.57. The Labute approximate surface area is 159 Å². The number of ether oxygens (including phenoxy) is 3. The molecule has 0 heterocycles. The normalized spacial score (nSPS) is 10.4. The van der Waals surface area contributed by atoms with E-state index in [2.05, 4.69) is 19.2 Å². The van der Waals surface area contributed by atoms with Crippen LogP contribution < -0.4 is 14.8 Å². The number of nitrogens with one attached hydrogen (secondary N) is 1. The summed E-state index contributed by atoms with van der Waals surface area (Å²) >= 11 is 0. The van der Waals surface area contributed by atoms with Gasteiger partial charge in [-0.15, -0.1) is 0 Å². The van der Waals surface area contributed by atoms with E-state index >= 15 is 0 Å². The number of esters is 1. The number of methoxy groups -OCH3 is 1. The molecule has 0 bridgehead atoms. The van der Waals surface area contributed by atoms with Crippen LogP contribution in [0.4, 0.5) is 0 Å². The van der Waals surface area contributed by atoms with E-state index in [1.165, 1.54) is 0 Å². The van der Waals surface area contributed by atoms with Crippen molar-refractivity contribution < 1.29 is 23.8 Å². The zero-order valence-corrected chi connectivity index (χ0v) is 15.9. The summed E-state index contributed by atoms with van der Waals surface area (Å²) in [5, 5.41) is 2.70. The molecule has 1 amide bonds. The first-order valence-electron chi connectivity index (χ1n) is 8.78. The van der Waals surface area contributed by atoms with Crippen LogP contribution in [0.3, 0.4) is 0 Å². The monoisotopic (exact) mass is 371 g/mol. The van der Waals surface area contributed by atoms with E-state index in [4.69, 9.17) is 14.2 Å². The number of carbonyl (C=O) groups excluding carboxylic acids is 2. The van der Waals surface area contributed by atoms with Crippen molar-refractivity contribution in [1.29, 1.82) is 0 Å². The maximum absolute atomic E-state index is 12.0. The molecular weight excluding hydrogens is 346 g/mol. The number of para-hydroxylation sites is 1. The van der Waals surface area contributed by atoms with Gasteiger partial charge in [-0.1, -0.05) is 32.0 Å². The summed E-state index contributed by atoms with van der Waals surface area (Å²) < 4.78 is 15.8. The van der Waals surface area contributed by atoms with Crippen molar-refractivity contribution in [3.8, 4) is 11.5 Å². The van der Waals surface area contributed by atoms with Crippen LogP contribution in [0.2, 0.25) is 0 Å². The second-order valence-electron chi connectivity index (χ2n) is 6.39. The van der Waals surface area contributed by atoms with Crippen molar-refractivity contribution in [2.45, 2.75) is 20.4 Å². The molecule has 144 valence electrons. The molecule has 2 rings (SSSR count). The molecule has 0 saturated heterocycles. The number of rotatable bonds is 9. The summed E-state index contributed by atoms with van der Waals surface area (Å²) in [4.78, 5) is 23.9. The first-order valence-corrected chi connectivity index (χ1v) is 8.78. The van der Waals surface area contributed by atoms with E-state index in [0.717, 1.165) is 5.56 Å². The molecule has 0 fully saturated rings. The van der Waals surface area contributed by atoms with Gasteiger partial charge >= 0.3 is 5.97 Å². The minimum atomic E-state index is -0.558. The van der Waals surface area contributed by atoms with Crippen molar-refractivity contribution in [2.24, 2.45) is 5.92 Å². The van der Waals surface area contributed by atoms with Gasteiger partial charge in [0.1, 0.15) is 11.5 Å². The molecule has 6 nitrogen and oxygen atoms in total. The van der Waals surface area contributed by atoms with Crippen molar-refractivity contribution in [3.05, 3.63) is 59.7 Å². The molecule has 6 heteroatoms. The van der Waals surface area contributed by atoms with Crippen LogP contribution in [0.15, 0.2) is 48.5 Å². The lowest BCUT2D eigenvalue weighted by molar-refractivity contribution is -0.124. The lowest BCUT2D eigenvalue weighted by Gasteiger charge is -2.10. The van der Waals surface area contributed by atoms with Gasteiger partial charge in [0.05, 0.1) is 19.3 Å². The highest BCUT2D eigenvalue weighted by molar-refractivity contribution is 5.91. The lowest BCUT2D eigenvalue weighted by atomic mass is 10.2. The van der Waals surface area contributed by atoms with Crippen molar-refractivity contribution in [3.63, 3.8) is 0 Å². The highest BCUT2D eigenvalue weighted by Crippen LogP contribution is 2.17. The van der Waals surface area contributed by atoms with Crippen LogP contribution >= 0.6 is 0 Å². The summed E-state index contributed by atoms with van der Waals surface area (Å²) in [6.07, 6.45) is 0. The molecule has 0 aliphatic heterocycles. The van der Waals surface area contributed by atoms with Crippen LogP contribution in [0.25, 0.3) is 0 Å². The number of benzene rings is 2. The minimum absolute atomic E-state index is 0.294. The highest BCUT2D eigenvalue weighted by Gasteiger charge is 2.11. The summed E-state index contributed by atoms with van der Waals surface area (Å²) in [6, 6.07) is 14.0. The average Bonchev–Trinajstić information content (AvgIpc) is 2.69. The fourth-order valence-corrected chi connectivity index (χ4v) is 2.26. The average molecular weight is 371 g/mol. The number of amides is 1. The van der Waals surface area contributed by atoms with Gasteiger partial charge in [-0.05, 0) is 36.2 Å². The fourth-order valence-electron chi connectivity index (χ4n) is 2.26. The van der Waals surface area contributed by atoms with Crippen LogP contribution in [0, 0.1) is 5.92 Å². The minimum Gasteiger partial charge on any atom is -0.496 e. The Balaban J connectivity index is 1.78. The molecule has 0 spiro atoms. The fraction of sp³-hybridized carbons (Fsp3) is 0.333. The highest BCUT2D eigenvalue weighted by atomic mass is 16.5. The molecule has 27 heavy (non-hydrogen) atoms. The first-order chi connectivity index (χ1) is 13.0. The molecule has 1 N–H and O–H groups in total. The van der Waals surface area contributed by atoms with Crippen molar-refractivity contribution >= 4 is 11.9 Å². The number of carbonyl (C=O) groups is 2. The molecule has 0 aliphatic carbocycles. The van der Waals surface area contributed by atoms with Gasteiger partial charge in [-0.2, -0.15) is 0 Å². The molecule has 0 aliphatic rings. The van der Waals surface area contributed by atoms with E-state index in [-0.39, 0.29) is 12.5 Å². The summed E-state index contributed by atoms with van der Waals surface area (Å²) in [5.74, 6) is 0.859. The Kier molecular flexibility index (Phi) is 7.67. The standard InChI is InChI=1S/C21H25NO5/c1-15(2)13-26-18-10-8-16(9-11-18)21(24)27-14-20(23)22-12-17-6-4-5-7-19(17)25-3/h4-11,15H,12-14H2,1-3H3,(H,22,23). The van der Waals surface area contributed by atoms with Crippen molar-refractivity contribution in [1.82, 2.24) is 5.32 Å². The van der Waals surface area contributed by atoms with E-state index in [9.17, 15) is 9.59 Å². The van der Waals surface area contributed by atoms with Gasteiger partial charge in [0.25, 0.3) is 5.91 Å². The van der Waals surface area contributed by atoms with E-state index in [0.29, 0.717) is 36.1 Å². The number of hydrogen-bond donors (Lipinski definition) is 1. The first kappa shape index (κ1) is 20.3. The predicted molar refractivity (Wildman–Crippen MR) is 102 cm³/mol. The SMILES string of the molecule is COc1ccccc1CNC(=O)COC(=O)c1ccc(OCC(C)C)cc1. The van der Waals surface area contributed by atoms with Gasteiger partial charge in [0.15, 0.2) is 6.61 Å². The number of hydrogen-bond acceptors (Lipinski definition) is 5. The van der Waals surface area contributed by atoms with E-state index < -0.39 is 5.97 Å². The van der Waals surface area contributed by atoms with Gasteiger partial charge in [-0.3, -0.25) is 4.79 Å². The Morgan fingerprint density at radius 2 is 1.74 bits per heavy atom. The molecular formula is C21H25NO5. The lowest BCUT2D eigenvalue weighted by Crippen LogP contribution is -2.28. The molecule has 2 aromatic rings. The topological polar surface area (TPSA) is 73.9 Å². The van der Waals surface area contributed by atoms with E-state index in [1.807, 2.05) is 24.3 Å². The third-order valence-electron chi connectivity index (χ3n) is 3.68. The molecule has 2 aromatic carbocycles. The van der Waals surface area contributed by atoms with Gasteiger partial charge in [0, 0.05) is 12.1 Å². The maximum atomic E-state index is 12.0. The third-order valence-corrected chi connectivity index (χ3v) is 3.68. The summed E-state index contributed by atoms with van der Waals surface area (Å²) in [6.45, 7) is 4.67. The third kappa shape index (κ3) is 6.66. The molecule has 0 atom stereocenters.